The van der Waals surface area contributed by atoms with Crippen molar-refractivity contribution in [1.82, 2.24) is 28.2 Å². The van der Waals surface area contributed by atoms with Crippen LogP contribution in [0.2, 0.25) is 0 Å². The lowest BCUT2D eigenvalue weighted by atomic mass is 10.0. The Bertz CT molecular complexity index is 2500. The highest BCUT2D eigenvalue weighted by molar-refractivity contribution is 9.10. The molecule has 13 heteroatoms. The second-order valence-corrected chi connectivity index (χ2v) is 14.8. The lowest BCUT2D eigenvalue weighted by Gasteiger charge is -2.14. The molecular formula is C42H51BrN6O6. The molecule has 12 nitrogen and oxygen atoms in total. The predicted molar refractivity (Wildman–Crippen MR) is 223 cm³/mol. The number of fused-ring (bicyclic) bond motifs is 2. The SMILES string of the molecule is CC(C)c1ccccc1O.CCCCn1c(=O)c2cc(Br)cnc2n(C)c1=O.CCCCn1c(=O)c2cc(Oc3ccccc3C(C)C)cnc2n(C)c1=O. The van der Waals surface area contributed by atoms with Gasteiger partial charge >= 0.3 is 11.4 Å². The van der Waals surface area contributed by atoms with Gasteiger partial charge in [0.05, 0.1) is 17.0 Å². The van der Waals surface area contributed by atoms with E-state index in [9.17, 15) is 24.3 Å². The Balaban J connectivity index is 0.000000205. The molecule has 0 aliphatic heterocycles. The molecule has 0 bridgehead atoms. The minimum Gasteiger partial charge on any atom is -0.508 e. The summed E-state index contributed by atoms with van der Waals surface area (Å²) in [6.45, 7) is 13.2. The van der Waals surface area contributed by atoms with Crippen molar-refractivity contribution in [3.63, 3.8) is 0 Å². The average molecular weight is 816 g/mol. The first-order chi connectivity index (χ1) is 26.2. The first-order valence-corrected chi connectivity index (χ1v) is 19.4. The predicted octanol–water partition coefficient (Wildman–Crippen LogP) is 7.98. The van der Waals surface area contributed by atoms with Crippen molar-refractivity contribution in [3.05, 3.63) is 130 Å². The highest BCUT2D eigenvalue weighted by Crippen LogP contribution is 2.30. The van der Waals surface area contributed by atoms with Gasteiger partial charge < -0.3 is 9.84 Å². The number of aryl methyl sites for hydroxylation is 2. The molecule has 292 valence electrons. The molecule has 0 unspecified atom stereocenters. The summed E-state index contributed by atoms with van der Waals surface area (Å²) in [6.07, 6.45) is 6.55. The lowest BCUT2D eigenvalue weighted by molar-refractivity contribution is 0.465. The number of rotatable bonds is 10. The molecule has 55 heavy (non-hydrogen) atoms. The second kappa shape index (κ2) is 19.3. The van der Waals surface area contributed by atoms with E-state index in [0.29, 0.717) is 58.5 Å². The number of phenolic OH excluding ortho intramolecular Hbond substituents is 1. The Labute approximate surface area is 328 Å². The zero-order valence-electron chi connectivity index (χ0n) is 32.9. The molecule has 0 radical (unpaired) electrons. The molecule has 0 amide bonds. The maximum atomic E-state index is 12.8. The van der Waals surface area contributed by atoms with Gasteiger partial charge in [-0.25, -0.2) is 19.6 Å². The Morgan fingerprint density at radius 2 is 1.16 bits per heavy atom. The molecule has 1 N–H and O–H groups in total. The van der Waals surface area contributed by atoms with Crippen LogP contribution in [0.15, 0.2) is 96.7 Å². The van der Waals surface area contributed by atoms with Crippen molar-refractivity contribution in [3.8, 4) is 17.2 Å². The van der Waals surface area contributed by atoms with E-state index in [4.69, 9.17) is 4.74 Å². The second-order valence-electron chi connectivity index (χ2n) is 13.9. The third-order valence-corrected chi connectivity index (χ3v) is 9.53. The monoisotopic (exact) mass is 814 g/mol. The van der Waals surface area contributed by atoms with E-state index in [2.05, 4.69) is 53.6 Å². The number of nitrogens with zero attached hydrogens (tertiary/aromatic N) is 6. The molecule has 0 atom stereocenters. The number of para-hydroxylation sites is 2. The number of pyridine rings is 2. The fraction of sp³-hybridized carbons (Fsp3) is 0.381. The first kappa shape index (κ1) is 42.4. The van der Waals surface area contributed by atoms with Gasteiger partial charge in [-0.3, -0.25) is 27.9 Å². The van der Waals surface area contributed by atoms with Crippen molar-refractivity contribution in [2.75, 3.05) is 0 Å². The molecule has 2 aromatic carbocycles. The topological polar surface area (TPSA) is 143 Å². The Morgan fingerprint density at radius 1 is 0.691 bits per heavy atom. The van der Waals surface area contributed by atoms with Gasteiger partial charge in [0.2, 0.25) is 0 Å². The van der Waals surface area contributed by atoms with Crippen LogP contribution >= 0.6 is 15.9 Å². The quantitative estimate of drug-likeness (QED) is 0.147. The summed E-state index contributed by atoms with van der Waals surface area (Å²) in [5, 5.41) is 10.1. The van der Waals surface area contributed by atoms with E-state index < -0.39 is 0 Å². The Hall–Kier alpha value is -5.30. The number of benzene rings is 2. The lowest BCUT2D eigenvalue weighted by Crippen LogP contribution is -2.39. The van der Waals surface area contributed by atoms with Crippen molar-refractivity contribution < 1.29 is 9.84 Å². The molecular weight excluding hydrogens is 764 g/mol. The summed E-state index contributed by atoms with van der Waals surface area (Å²) >= 11 is 3.29. The molecule has 6 aromatic rings. The molecule has 0 aliphatic rings. The molecule has 0 fully saturated rings. The van der Waals surface area contributed by atoms with E-state index >= 15 is 0 Å². The number of phenols is 1. The van der Waals surface area contributed by atoms with Gasteiger partial charge in [0, 0.05) is 37.9 Å². The summed E-state index contributed by atoms with van der Waals surface area (Å²) in [7, 11) is 3.27. The van der Waals surface area contributed by atoms with Crippen molar-refractivity contribution in [2.45, 2.75) is 92.2 Å². The summed E-state index contributed by atoms with van der Waals surface area (Å²) in [4.78, 5) is 58.1. The van der Waals surface area contributed by atoms with Gasteiger partial charge in [-0.2, -0.15) is 0 Å². The zero-order chi connectivity index (χ0) is 40.4. The van der Waals surface area contributed by atoms with Gasteiger partial charge in [0.15, 0.2) is 0 Å². The highest BCUT2D eigenvalue weighted by Gasteiger charge is 2.15. The number of hydrogen-bond donors (Lipinski definition) is 1. The third-order valence-electron chi connectivity index (χ3n) is 9.10. The standard InChI is InChI=1S/C21H25N3O3.C12H14BrN3O2.C9H12O/c1-5-6-11-24-20(25)17-12-15(13-22-19(17)23(4)21(24)26)27-18-10-8-7-9-16(18)14(2)3;1-3-4-5-16-11(17)9-6-8(13)7-14-10(9)15(2)12(16)18;1-7(2)8-5-3-4-6-9(8)10/h7-10,12-14H,5-6,11H2,1-4H3;6-7H,3-5H2,1-2H3;3-7,10H,1-2H3. The number of aromatic hydroxyl groups is 1. The summed E-state index contributed by atoms with van der Waals surface area (Å²) in [5.74, 6) is 2.33. The molecule has 0 saturated carbocycles. The summed E-state index contributed by atoms with van der Waals surface area (Å²) < 4.78 is 12.1. The van der Waals surface area contributed by atoms with Crippen LogP contribution in [0.4, 0.5) is 0 Å². The van der Waals surface area contributed by atoms with Crippen LogP contribution < -0.4 is 27.2 Å². The van der Waals surface area contributed by atoms with E-state index in [0.717, 1.165) is 47.0 Å². The van der Waals surface area contributed by atoms with Crippen molar-refractivity contribution in [2.24, 2.45) is 14.1 Å². The van der Waals surface area contributed by atoms with E-state index in [1.807, 2.05) is 56.3 Å². The molecule has 0 spiro atoms. The zero-order valence-corrected chi connectivity index (χ0v) is 34.5. The maximum Gasteiger partial charge on any atom is 0.332 e. The van der Waals surface area contributed by atoms with Gasteiger partial charge in [0.1, 0.15) is 28.5 Å². The molecule has 4 heterocycles. The average Bonchev–Trinajstić information content (AvgIpc) is 3.17. The van der Waals surface area contributed by atoms with Crippen LogP contribution in [-0.2, 0) is 27.2 Å². The number of unbranched alkanes of at least 4 members (excludes halogenated alkanes) is 2. The first-order valence-electron chi connectivity index (χ1n) is 18.6. The fourth-order valence-electron chi connectivity index (χ4n) is 5.96. The van der Waals surface area contributed by atoms with Crippen LogP contribution in [0.25, 0.3) is 22.1 Å². The number of ether oxygens (including phenoxy) is 1. The van der Waals surface area contributed by atoms with Gasteiger partial charge in [0.25, 0.3) is 11.1 Å². The number of halogens is 1. The minimum absolute atomic E-state index is 0.268. The van der Waals surface area contributed by atoms with Crippen LogP contribution in [0.1, 0.15) is 90.2 Å². The third kappa shape index (κ3) is 10.1. The van der Waals surface area contributed by atoms with Gasteiger partial charge in [-0.15, -0.1) is 0 Å². The molecule has 0 aliphatic carbocycles. The maximum absolute atomic E-state index is 12.8. The van der Waals surface area contributed by atoms with Crippen LogP contribution in [-0.4, -0.2) is 33.3 Å². The van der Waals surface area contributed by atoms with Gasteiger partial charge in [-0.1, -0.05) is 90.8 Å². The Morgan fingerprint density at radius 3 is 1.65 bits per heavy atom. The molecule has 0 saturated heterocycles. The number of aromatic nitrogens is 6. The largest absolute Gasteiger partial charge is 0.508 e. The highest BCUT2D eigenvalue weighted by atomic mass is 79.9. The van der Waals surface area contributed by atoms with Crippen molar-refractivity contribution >= 4 is 38.0 Å². The van der Waals surface area contributed by atoms with Crippen LogP contribution in [0.3, 0.4) is 0 Å². The smallest absolute Gasteiger partial charge is 0.332 e. The number of hydrogen-bond acceptors (Lipinski definition) is 8. The Kier molecular flexibility index (Phi) is 14.9. The normalized spacial score (nSPS) is 11.0. The van der Waals surface area contributed by atoms with Crippen LogP contribution in [0.5, 0.6) is 17.2 Å². The van der Waals surface area contributed by atoms with E-state index in [-0.39, 0.29) is 22.5 Å². The van der Waals surface area contributed by atoms with Gasteiger partial charge in [-0.05, 0) is 76.0 Å². The fourth-order valence-corrected chi connectivity index (χ4v) is 6.29. The molecule has 6 rings (SSSR count). The van der Waals surface area contributed by atoms with Crippen LogP contribution in [0, 0.1) is 0 Å². The van der Waals surface area contributed by atoms with Crippen molar-refractivity contribution in [1.29, 1.82) is 0 Å². The minimum atomic E-state index is -0.340. The van der Waals surface area contributed by atoms with E-state index in [1.165, 1.54) is 18.3 Å². The summed E-state index contributed by atoms with van der Waals surface area (Å²) in [6, 6.07) is 18.6. The van der Waals surface area contributed by atoms with E-state index in [1.54, 1.807) is 44.7 Å². The summed E-state index contributed by atoms with van der Waals surface area (Å²) in [5.41, 5.74) is 1.64. The molecule has 4 aromatic heterocycles.